The zero-order chi connectivity index (χ0) is 44.5. The maximum Gasteiger partial charge on any atom is 0.408 e. The standard InChI is InChI=1S/C49H58N4O9/c1-48(2,3)62-47(59)51-39(28-17-18-31-60-44(56)38-26-15-8-16-27-38)42(54)52-49(4,33-36-22-11-6-12-23-36)46(58)50-40(32-35-20-9-5-10-21-35)43(55)53-30-19-29-41(53)45(57)61-34-37-24-13-7-14-25-37/h5-16,20-27,39-41H,17-19,28-34H2,1-4H3,(H,50,58)(H,51,59)(H,52,54)/t39-,40?,41+,49-/m0/s1. The van der Waals surface area contributed by atoms with Gasteiger partial charge in [0, 0.05) is 19.4 Å². The lowest BCUT2D eigenvalue weighted by atomic mass is 9.90. The number of hydrogen-bond donors (Lipinski definition) is 3. The third kappa shape index (κ3) is 14.3. The highest BCUT2D eigenvalue weighted by atomic mass is 16.6. The molecule has 1 aliphatic heterocycles. The molecule has 3 N–H and O–H groups in total. The molecule has 0 spiro atoms. The van der Waals surface area contributed by atoms with Crippen LogP contribution in [0.3, 0.4) is 0 Å². The van der Waals surface area contributed by atoms with Crippen molar-refractivity contribution in [2.75, 3.05) is 13.2 Å². The van der Waals surface area contributed by atoms with Crippen LogP contribution < -0.4 is 16.0 Å². The first-order valence-corrected chi connectivity index (χ1v) is 21.1. The van der Waals surface area contributed by atoms with Crippen LogP contribution in [-0.2, 0) is 52.8 Å². The van der Waals surface area contributed by atoms with Crippen molar-refractivity contribution in [3.05, 3.63) is 144 Å². The van der Waals surface area contributed by atoms with Gasteiger partial charge in [-0.25, -0.2) is 14.4 Å². The van der Waals surface area contributed by atoms with E-state index in [1.807, 2.05) is 91.0 Å². The van der Waals surface area contributed by atoms with Crippen LogP contribution in [0.15, 0.2) is 121 Å². The number of amides is 4. The normalized spacial score (nSPS) is 15.5. The van der Waals surface area contributed by atoms with Gasteiger partial charge in [0.2, 0.25) is 17.7 Å². The van der Waals surface area contributed by atoms with Gasteiger partial charge in [0.05, 0.1) is 12.2 Å². The van der Waals surface area contributed by atoms with Gasteiger partial charge >= 0.3 is 18.0 Å². The summed E-state index contributed by atoms with van der Waals surface area (Å²) in [6, 6.07) is 33.1. The van der Waals surface area contributed by atoms with Gasteiger partial charge in [-0.05, 0) is 88.6 Å². The van der Waals surface area contributed by atoms with Gasteiger partial charge in [0.25, 0.3) is 0 Å². The lowest BCUT2D eigenvalue weighted by Gasteiger charge is -2.35. The third-order valence-corrected chi connectivity index (χ3v) is 10.4. The van der Waals surface area contributed by atoms with E-state index in [4.69, 9.17) is 14.2 Å². The van der Waals surface area contributed by atoms with Crippen LogP contribution in [0, 0.1) is 0 Å². The van der Waals surface area contributed by atoms with Gasteiger partial charge in [-0.2, -0.15) is 0 Å². The van der Waals surface area contributed by atoms with E-state index >= 15 is 0 Å². The second-order valence-corrected chi connectivity index (χ2v) is 16.7. The Balaban J connectivity index is 1.35. The zero-order valence-electron chi connectivity index (χ0n) is 36.0. The lowest BCUT2D eigenvalue weighted by molar-refractivity contribution is -0.155. The van der Waals surface area contributed by atoms with Crippen molar-refractivity contribution < 1.29 is 43.0 Å². The zero-order valence-corrected chi connectivity index (χ0v) is 36.0. The Hall–Kier alpha value is -6.50. The molecule has 4 amide bonds. The molecule has 4 atom stereocenters. The number of carbonyl (C=O) groups excluding carboxylic acids is 6. The van der Waals surface area contributed by atoms with Gasteiger partial charge in [0.1, 0.15) is 35.9 Å². The summed E-state index contributed by atoms with van der Waals surface area (Å²) >= 11 is 0. The Morgan fingerprint density at radius 1 is 0.694 bits per heavy atom. The van der Waals surface area contributed by atoms with Gasteiger partial charge in [-0.15, -0.1) is 0 Å². The molecule has 0 bridgehead atoms. The monoisotopic (exact) mass is 846 g/mol. The van der Waals surface area contributed by atoms with Gasteiger partial charge in [-0.3, -0.25) is 14.4 Å². The Labute approximate surface area is 363 Å². The molecule has 0 aromatic heterocycles. The molecule has 0 radical (unpaired) electrons. The Bertz CT molecular complexity index is 2100. The van der Waals surface area contributed by atoms with E-state index in [-0.39, 0.29) is 32.5 Å². The number of benzene rings is 4. The van der Waals surface area contributed by atoms with Crippen molar-refractivity contribution in [1.82, 2.24) is 20.9 Å². The molecule has 1 saturated heterocycles. The van der Waals surface area contributed by atoms with E-state index in [2.05, 4.69) is 16.0 Å². The summed E-state index contributed by atoms with van der Waals surface area (Å²) in [5.74, 6) is -2.75. The van der Waals surface area contributed by atoms with Gasteiger partial charge in [0.15, 0.2) is 0 Å². The fourth-order valence-electron chi connectivity index (χ4n) is 7.20. The van der Waals surface area contributed by atoms with E-state index < -0.39 is 65.0 Å². The van der Waals surface area contributed by atoms with Crippen LogP contribution in [0.5, 0.6) is 0 Å². The molecule has 1 fully saturated rings. The number of nitrogens with one attached hydrogen (secondary N) is 3. The minimum Gasteiger partial charge on any atom is -0.462 e. The van der Waals surface area contributed by atoms with Crippen LogP contribution in [-0.4, -0.2) is 83.1 Å². The van der Waals surface area contributed by atoms with E-state index in [0.717, 1.165) is 16.7 Å². The third-order valence-electron chi connectivity index (χ3n) is 10.4. The molecular weight excluding hydrogens is 789 g/mol. The minimum atomic E-state index is -1.65. The van der Waals surface area contributed by atoms with Crippen molar-refractivity contribution in [2.24, 2.45) is 0 Å². The number of ether oxygens (including phenoxy) is 3. The summed E-state index contributed by atoms with van der Waals surface area (Å²) in [5.41, 5.74) is 0.241. The summed E-state index contributed by atoms with van der Waals surface area (Å²) in [4.78, 5) is 84.1. The Morgan fingerprint density at radius 3 is 1.89 bits per heavy atom. The number of esters is 2. The molecule has 5 rings (SSSR count). The van der Waals surface area contributed by atoms with E-state index in [9.17, 15) is 28.8 Å². The molecule has 13 nitrogen and oxygen atoms in total. The number of unbranched alkanes of at least 4 members (excludes halogenated alkanes) is 1. The molecule has 4 aromatic rings. The molecule has 0 saturated carbocycles. The van der Waals surface area contributed by atoms with E-state index in [0.29, 0.717) is 37.8 Å². The lowest BCUT2D eigenvalue weighted by Crippen LogP contribution is -2.64. The average molecular weight is 847 g/mol. The summed E-state index contributed by atoms with van der Waals surface area (Å²) in [7, 11) is 0. The first-order chi connectivity index (χ1) is 29.7. The first kappa shape index (κ1) is 46.6. The Kier molecular flexibility index (Phi) is 16.8. The molecule has 62 heavy (non-hydrogen) atoms. The van der Waals surface area contributed by atoms with Crippen LogP contribution in [0.4, 0.5) is 4.79 Å². The quantitative estimate of drug-likeness (QED) is 0.0543. The highest BCUT2D eigenvalue weighted by molar-refractivity contribution is 5.97. The molecule has 4 aromatic carbocycles. The second-order valence-electron chi connectivity index (χ2n) is 16.7. The second kappa shape index (κ2) is 22.4. The van der Waals surface area contributed by atoms with Crippen LogP contribution in [0.1, 0.15) is 86.8 Å². The average Bonchev–Trinajstić information content (AvgIpc) is 3.75. The number of nitrogens with zero attached hydrogens (tertiary/aromatic N) is 1. The summed E-state index contributed by atoms with van der Waals surface area (Å²) < 4.78 is 16.6. The number of rotatable bonds is 19. The fourth-order valence-corrected chi connectivity index (χ4v) is 7.20. The van der Waals surface area contributed by atoms with Crippen molar-refractivity contribution >= 4 is 35.8 Å². The molecule has 1 aliphatic rings. The number of alkyl carbamates (subject to hydrolysis) is 1. The topological polar surface area (TPSA) is 169 Å². The molecule has 1 unspecified atom stereocenters. The SMILES string of the molecule is CC(C)(C)OC(=O)N[C@@H](CCCCOC(=O)c1ccccc1)C(=O)N[C@@](C)(Cc1ccccc1)C(=O)NC(Cc1ccccc1)C(=O)N1CCC[C@@H]1C(=O)OCc1ccccc1. The van der Waals surface area contributed by atoms with Crippen molar-refractivity contribution in [3.63, 3.8) is 0 Å². The van der Waals surface area contributed by atoms with Gasteiger partial charge in [-0.1, -0.05) is 109 Å². The number of carbonyl (C=O) groups is 6. The maximum absolute atomic E-state index is 14.8. The largest absolute Gasteiger partial charge is 0.462 e. The molecular formula is C49H58N4O9. The molecule has 328 valence electrons. The van der Waals surface area contributed by atoms with E-state index in [1.54, 1.807) is 58.0 Å². The molecule has 0 aliphatic carbocycles. The van der Waals surface area contributed by atoms with Crippen LogP contribution in [0.2, 0.25) is 0 Å². The summed E-state index contributed by atoms with van der Waals surface area (Å²) in [6.45, 7) is 7.13. The predicted octanol–water partition coefficient (Wildman–Crippen LogP) is 6.49. The molecule has 1 heterocycles. The smallest absolute Gasteiger partial charge is 0.408 e. The highest BCUT2D eigenvalue weighted by Gasteiger charge is 2.42. The number of hydrogen-bond acceptors (Lipinski definition) is 9. The fraction of sp³-hybridized carbons (Fsp3) is 0.388. The van der Waals surface area contributed by atoms with Crippen LogP contribution in [0.25, 0.3) is 0 Å². The maximum atomic E-state index is 14.8. The predicted molar refractivity (Wildman–Crippen MR) is 233 cm³/mol. The summed E-state index contributed by atoms with van der Waals surface area (Å²) in [6.07, 6.45) is 1.20. The van der Waals surface area contributed by atoms with Gasteiger partial charge < -0.3 is 35.1 Å². The van der Waals surface area contributed by atoms with Crippen LogP contribution >= 0.6 is 0 Å². The minimum absolute atomic E-state index is 0.0321. The highest BCUT2D eigenvalue weighted by Crippen LogP contribution is 2.23. The summed E-state index contributed by atoms with van der Waals surface area (Å²) in [5, 5.41) is 8.56. The van der Waals surface area contributed by atoms with Crippen molar-refractivity contribution in [2.45, 2.75) is 109 Å². The Morgan fingerprint density at radius 2 is 1.27 bits per heavy atom. The van der Waals surface area contributed by atoms with E-state index in [1.165, 1.54) is 4.90 Å². The first-order valence-electron chi connectivity index (χ1n) is 21.1. The van der Waals surface area contributed by atoms with Crippen molar-refractivity contribution in [3.8, 4) is 0 Å². The number of likely N-dealkylation sites (tertiary alicyclic amines) is 1. The molecule has 13 heteroatoms. The van der Waals surface area contributed by atoms with Crippen molar-refractivity contribution in [1.29, 1.82) is 0 Å².